The van der Waals surface area contributed by atoms with Gasteiger partial charge in [0.25, 0.3) is 5.91 Å². The summed E-state index contributed by atoms with van der Waals surface area (Å²) in [5, 5.41) is 3.49. The maximum absolute atomic E-state index is 13.6. The number of nitrogens with zero attached hydrogens (tertiary/aromatic N) is 2. The van der Waals surface area contributed by atoms with Crippen LogP contribution < -0.4 is 10.2 Å². The van der Waals surface area contributed by atoms with E-state index in [-0.39, 0.29) is 30.6 Å². The van der Waals surface area contributed by atoms with Crippen LogP contribution in [0.3, 0.4) is 0 Å². The lowest BCUT2D eigenvalue weighted by Crippen LogP contribution is -2.37. The third-order valence-corrected chi connectivity index (χ3v) is 6.40. The van der Waals surface area contributed by atoms with Gasteiger partial charge in [0.05, 0.1) is 24.3 Å². The molecule has 1 aliphatic heterocycles. The summed E-state index contributed by atoms with van der Waals surface area (Å²) < 4.78 is 18.2. The van der Waals surface area contributed by atoms with Crippen LogP contribution >= 0.6 is 23.8 Å². The van der Waals surface area contributed by atoms with Gasteiger partial charge in [-0.05, 0) is 85.4 Å². The Morgan fingerprint density at radius 1 is 1.03 bits per heavy atom. The van der Waals surface area contributed by atoms with Crippen LogP contribution in [0.2, 0.25) is 5.02 Å². The van der Waals surface area contributed by atoms with Crippen molar-refractivity contribution in [3.05, 3.63) is 94.8 Å². The van der Waals surface area contributed by atoms with Crippen molar-refractivity contribution in [3.63, 3.8) is 0 Å². The molecule has 0 radical (unpaired) electrons. The number of carbonyl (C=O) groups excluding carboxylic acids is 3. The van der Waals surface area contributed by atoms with Crippen molar-refractivity contribution in [1.82, 2.24) is 4.90 Å². The number of nitrogens with one attached hydrogen (secondary N) is 1. The molecule has 1 N–H and O–H groups in total. The summed E-state index contributed by atoms with van der Waals surface area (Å²) in [6.45, 7) is 2.24. The predicted octanol–water partition coefficient (Wildman–Crippen LogP) is 5.19. The van der Waals surface area contributed by atoms with Crippen molar-refractivity contribution < 1.29 is 23.5 Å². The molecule has 1 atom stereocenters. The third-order valence-electron chi connectivity index (χ3n) is 5.73. The first-order valence-corrected chi connectivity index (χ1v) is 12.3. The topological polar surface area (TPSA) is 78.9 Å². The van der Waals surface area contributed by atoms with Gasteiger partial charge in [-0.1, -0.05) is 23.7 Å². The lowest BCUT2D eigenvalue weighted by atomic mass is 10.1. The van der Waals surface area contributed by atoms with Crippen molar-refractivity contribution in [3.8, 4) is 0 Å². The molecule has 37 heavy (non-hydrogen) atoms. The van der Waals surface area contributed by atoms with E-state index in [9.17, 15) is 18.8 Å². The molecule has 2 amide bonds. The number of ether oxygens (including phenoxy) is 1. The third kappa shape index (κ3) is 6.12. The van der Waals surface area contributed by atoms with Gasteiger partial charge in [-0.25, -0.2) is 9.18 Å². The number of carbonyl (C=O) groups is 3. The quantitative estimate of drug-likeness (QED) is 0.314. The maximum atomic E-state index is 13.6. The minimum atomic E-state index is -0.881. The second-order valence-corrected chi connectivity index (χ2v) is 9.05. The van der Waals surface area contributed by atoms with Crippen LogP contribution in [0.5, 0.6) is 0 Å². The highest BCUT2D eigenvalue weighted by Crippen LogP contribution is 2.29. The monoisotopic (exact) mass is 539 g/mol. The molecule has 7 nitrogen and oxygen atoms in total. The molecule has 3 aromatic rings. The van der Waals surface area contributed by atoms with E-state index in [2.05, 4.69) is 5.32 Å². The lowest BCUT2D eigenvalue weighted by Gasteiger charge is -2.24. The average Bonchev–Trinajstić information content (AvgIpc) is 3.10. The molecule has 0 aromatic heterocycles. The summed E-state index contributed by atoms with van der Waals surface area (Å²) in [4.78, 5) is 41.5. The van der Waals surface area contributed by atoms with Gasteiger partial charge in [-0.3, -0.25) is 14.5 Å². The number of anilines is 2. The summed E-state index contributed by atoms with van der Waals surface area (Å²) in [7, 11) is 0. The first-order chi connectivity index (χ1) is 17.8. The average molecular weight is 540 g/mol. The van der Waals surface area contributed by atoms with Gasteiger partial charge >= 0.3 is 5.97 Å². The second-order valence-electron chi connectivity index (χ2n) is 8.25. The number of hydrogen-bond donors (Lipinski definition) is 1. The van der Waals surface area contributed by atoms with Crippen molar-refractivity contribution in [2.24, 2.45) is 0 Å². The Kier molecular flexibility index (Phi) is 8.15. The Balaban J connectivity index is 1.59. The normalized spacial score (nSPS) is 15.2. The van der Waals surface area contributed by atoms with Crippen LogP contribution in [0.4, 0.5) is 15.8 Å². The molecule has 1 heterocycles. The van der Waals surface area contributed by atoms with Gasteiger partial charge in [0.15, 0.2) is 5.11 Å². The molecular weight excluding hydrogens is 517 g/mol. The van der Waals surface area contributed by atoms with Crippen LogP contribution in [0.1, 0.15) is 29.3 Å². The Hall–Kier alpha value is -3.82. The van der Waals surface area contributed by atoms with E-state index in [0.717, 1.165) is 5.56 Å². The van der Waals surface area contributed by atoms with Gasteiger partial charge in [0.2, 0.25) is 5.91 Å². The number of rotatable bonds is 8. The van der Waals surface area contributed by atoms with Crippen molar-refractivity contribution in [2.45, 2.75) is 25.9 Å². The summed E-state index contributed by atoms with van der Waals surface area (Å²) in [5.41, 5.74) is 2.07. The number of amides is 2. The van der Waals surface area contributed by atoms with E-state index in [0.29, 0.717) is 22.0 Å². The molecule has 1 aliphatic rings. The number of thiocarbonyl (C=S) groups is 1. The molecule has 10 heteroatoms. The van der Waals surface area contributed by atoms with Gasteiger partial charge in [0.1, 0.15) is 11.9 Å². The van der Waals surface area contributed by atoms with Crippen molar-refractivity contribution in [2.75, 3.05) is 16.8 Å². The van der Waals surface area contributed by atoms with Crippen LogP contribution in [0.15, 0.2) is 72.8 Å². The molecule has 1 fully saturated rings. The second kappa shape index (κ2) is 11.5. The minimum absolute atomic E-state index is 0.179. The van der Waals surface area contributed by atoms with Crippen LogP contribution in [-0.2, 0) is 20.9 Å². The SMILES string of the molecule is CCOC(=O)c1ccc(N2C(=O)[C@@H](CC(=O)Nc3ccc(F)cc3)N(Cc3ccc(Cl)cc3)C2=S)cc1. The van der Waals surface area contributed by atoms with Gasteiger partial charge in [-0.2, -0.15) is 0 Å². The van der Waals surface area contributed by atoms with Crippen LogP contribution in [-0.4, -0.2) is 40.4 Å². The van der Waals surface area contributed by atoms with Crippen LogP contribution in [0.25, 0.3) is 0 Å². The zero-order chi connectivity index (χ0) is 26.5. The highest BCUT2D eigenvalue weighted by Gasteiger charge is 2.44. The number of esters is 1. The largest absolute Gasteiger partial charge is 0.462 e. The molecule has 190 valence electrons. The van der Waals surface area contributed by atoms with E-state index in [1.807, 2.05) is 12.1 Å². The highest BCUT2D eigenvalue weighted by molar-refractivity contribution is 7.80. The van der Waals surface area contributed by atoms with Gasteiger partial charge in [0, 0.05) is 17.3 Å². The highest BCUT2D eigenvalue weighted by atomic mass is 35.5. The first kappa shape index (κ1) is 26.2. The Labute approximate surface area is 223 Å². The molecule has 0 saturated carbocycles. The Morgan fingerprint density at radius 3 is 2.30 bits per heavy atom. The number of halogens is 2. The van der Waals surface area contributed by atoms with Crippen molar-refractivity contribution >= 4 is 58.1 Å². The molecule has 1 saturated heterocycles. The van der Waals surface area contributed by atoms with Gasteiger partial charge < -0.3 is 15.0 Å². The fraction of sp³-hybridized carbons (Fsp3) is 0.185. The summed E-state index contributed by atoms with van der Waals surface area (Å²) in [5.74, 6) is -1.69. The van der Waals surface area contributed by atoms with Crippen LogP contribution in [0, 0.1) is 5.82 Å². The Bertz CT molecular complexity index is 1320. The maximum Gasteiger partial charge on any atom is 0.338 e. The molecule has 0 bridgehead atoms. The predicted molar refractivity (Wildman–Crippen MR) is 143 cm³/mol. The summed E-state index contributed by atoms with van der Waals surface area (Å²) >= 11 is 11.7. The lowest BCUT2D eigenvalue weighted by molar-refractivity contribution is -0.124. The molecule has 0 spiro atoms. The fourth-order valence-electron chi connectivity index (χ4n) is 3.92. The van der Waals surface area contributed by atoms with E-state index >= 15 is 0 Å². The smallest absolute Gasteiger partial charge is 0.338 e. The zero-order valence-corrected chi connectivity index (χ0v) is 21.4. The van der Waals surface area contributed by atoms with Crippen molar-refractivity contribution in [1.29, 1.82) is 0 Å². The van der Waals surface area contributed by atoms with E-state index in [1.165, 1.54) is 29.2 Å². The van der Waals surface area contributed by atoms with E-state index in [1.54, 1.807) is 48.2 Å². The summed E-state index contributed by atoms with van der Waals surface area (Å²) in [6, 6.07) is 17.9. The minimum Gasteiger partial charge on any atom is -0.462 e. The molecule has 0 unspecified atom stereocenters. The zero-order valence-electron chi connectivity index (χ0n) is 19.8. The molecule has 0 aliphatic carbocycles. The standard InChI is InChI=1S/C27H23ClFN3O4S/c1-2-36-26(35)18-5-13-22(14-6-18)32-25(34)23(15-24(33)30-21-11-9-20(29)10-12-21)31(27(32)37)16-17-3-7-19(28)8-4-17/h3-14,23H,2,15-16H2,1H3,(H,30,33)/t23-/m1/s1. The van der Waals surface area contributed by atoms with Gasteiger partial charge in [-0.15, -0.1) is 0 Å². The number of hydrogen-bond acceptors (Lipinski definition) is 5. The fourth-order valence-corrected chi connectivity index (χ4v) is 4.43. The van der Waals surface area contributed by atoms with E-state index in [4.69, 9.17) is 28.6 Å². The molecule has 3 aromatic carbocycles. The number of benzene rings is 3. The van der Waals surface area contributed by atoms with E-state index < -0.39 is 23.7 Å². The molecule has 4 rings (SSSR count). The Morgan fingerprint density at radius 2 is 1.68 bits per heavy atom. The summed E-state index contributed by atoms with van der Waals surface area (Å²) in [6.07, 6.45) is -0.179. The first-order valence-electron chi connectivity index (χ1n) is 11.5. The molecular formula is C27H23ClFN3O4S.